The zero-order valence-electron chi connectivity index (χ0n) is 15.6. The minimum Gasteiger partial charge on any atom is -0.367 e. The van der Waals surface area contributed by atoms with Gasteiger partial charge < -0.3 is 19.6 Å². The number of hydrogen-bond acceptors (Lipinski definition) is 7. The maximum absolute atomic E-state index is 12.6. The van der Waals surface area contributed by atoms with E-state index in [2.05, 4.69) is 24.8 Å². The zero-order valence-corrected chi connectivity index (χ0v) is 15.6. The van der Waals surface area contributed by atoms with Crippen LogP contribution in [-0.4, -0.2) is 89.4 Å². The third kappa shape index (κ3) is 3.88. The molecule has 0 spiro atoms. The van der Waals surface area contributed by atoms with E-state index in [9.17, 15) is 9.59 Å². The van der Waals surface area contributed by atoms with Gasteiger partial charge >= 0.3 is 0 Å². The second-order valence-electron chi connectivity index (χ2n) is 6.86. The fraction of sp³-hybridized carbons (Fsp3) is 0.421. The summed E-state index contributed by atoms with van der Waals surface area (Å²) in [7, 11) is 0. The van der Waals surface area contributed by atoms with Gasteiger partial charge in [0.05, 0.1) is 11.9 Å². The quantitative estimate of drug-likeness (QED) is 0.695. The molecule has 28 heavy (non-hydrogen) atoms. The van der Waals surface area contributed by atoms with Crippen molar-refractivity contribution in [2.75, 3.05) is 62.2 Å². The van der Waals surface area contributed by atoms with Crippen molar-refractivity contribution in [1.29, 1.82) is 0 Å². The van der Waals surface area contributed by atoms with E-state index in [1.807, 2.05) is 12.1 Å². The van der Waals surface area contributed by atoms with Gasteiger partial charge in [-0.15, -0.1) is 0 Å². The van der Waals surface area contributed by atoms with Gasteiger partial charge in [0, 0.05) is 64.8 Å². The minimum absolute atomic E-state index is 0.0804. The summed E-state index contributed by atoms with van der Waals surface area (Å²) in [4.78, 5) is 44.2. The Morgan fingerprint density at radius 3 is 2.14 bits per heavy atom. The number of anilines is 2. The SMILES string of the molecule is O=CN1CCN(C(=O)c2ccc(N3CCN(c4ncccn4)CC3)cn2)CC1. The van der Waals surface area contributed by atoms with Gasteiger partial charge in [0.1, 0.15) is 5.69 Å². The molecule has 0 N–H and O–H groups in total. The number of nitrogens with zero attached hydrogens (tertiary/aromatic N) is 7. The van der Waals surface area contributed by atoms with Crippen LogP contribution >= 0.6 is 0 Å². The summed E-state index contributed by atoms with van der Waals surface area (Å²) in [6, 6.07) is 5.56. The van der Waals surface area contributed by atoms with Gasteiger partial charge in [-0.05, 0) is 18.2 Å². The number of aromatic nitrogens is 3. The van der Waals surface area contributed by atoms with Crippen molar-refractivity contribution < 1.29 is 9.59 Å². The molecule has 2 aliphatic rings. The summed E-state index contributed by atoms with van der Waals surface area (Å²) in [6.45, 7) is 5.61. The summed E-state index contributed by atoms with van der Waals surface area (Å²) in [5.41, 5.74) is 1.45. The summed E-state index contributed by atoms with van der Waals surface area (Å²) in [5.74, 6) is 0.680. The zero-order chi connectivity index (χ0) is 19.3. The summed E-state index contributed by atoms with van der Waals surface area (Å²) < 4.78 is 0. The minimum atomic E-state index is -0.0804. The lowest BCUT2D eigenvalue weighted by molar-refractivity contribution is -0.119. The third-order valence-electron chi connectivity index (χ3n) is 5.20. The fourth-order valence-electron chi connectivity index (χ4n) is 3.51. The average molecular weight is 381 g/mol. The van der Waals surface area contributed by atoms with Crippen LogP contribution in [0.1, 0.15) is 10.5 Å². The number of hydrogen-bond donors (Lipinski definition) is 0. The van der Waals surface area contributed by atoms with Crippen molar-refractivity contribution in [1.82, 2.24) is 24.8 Å². The standard InChI is InChI=1S/C19H23N7O2/c27-15-23-6-8-25(9-7-23)18(28)17-3-2-16(14-22-17)24-10-12-26(13-11-24)19-20-4-1-5-21-19/h1-5,14-15H,6-13H2. The lowest BCUT2D eigenvalue weighted by atomic mass is 10.2. The Labute approximate surface area is 163 Å². The van der Waals surface area contributed by atoms with E-state index in [4.69, 9.17) is 0 Å². The number of rotatable bonds is 4. The molecule has 4 rings (SSSR count). The maximum Gasteiger partial charge on any atom is 0.272 e. The smallest absolute Gasteiger partial charge is 0.272 e. The Balaban J connectivity index is 1.34. The average Bonchev–Trinajstić information content (AvgIpc) is 2.79. The van der Waals surface area contributed by atoms with E-state index in [1.165, 1.54) is 0 Å². The molecule has 2 aliphatic heterocycles. The Kier molecular flexibility index (Phi) is 5.31. The highest BCUT2D eigenvalue weighted by molar-refractivity contribution is 5.92. The van der Waals surface area contributed by atoms with Gasteiger partial charge in [-0.3, -0.25) is 9.59 Å². The van der Waals surface area contributed by atoms with E-state index >= 15 is 0 Å². The summed E-state index contributed by atoms with van der Waals surface area (Å²) in [5, 5.41) is 0. The maximum atomic E-state index is 12.6. The van der Waals surface area contributed by atoms with E-state index < -0.39 is 0 Å². The first-order valence-electron chi connectivity index (χ1n) is 9.46. The predicted molar refractivity (Wildman–Crippen MR) is 104 cm³/mol. The predicted octanol–water partition coefficient (Wildman–Crippen LogP) is 0.112. The van der Waals surface area contributed by atoms with Gasteiger partial charge in [0.25, 0.3) is 5.91 Å². The molecule has 0 aliphatic carbocycles. The number of piperazine rings is 2. The van der Waals surface area contributed by atoms with Gasteiger partial charge in [0.15, 0.2) is 0 Å². The largest absolute Gasteiger partial charge is 0.367 e. The third-order valence-corrected chi connectivity index (χ3v) is 5.20. The van der Waals surface area contributed by atoms with E-state index in [0.29, 0.717) is 31.9 Å². The van der Waals surface area contributed by atoms with Crippen LogP contribution in [0.2, 0.25) is 0 Å². The Hall–Kier alpha value is -3.23. The van der Waals surface area contributed by atoms with Gasteiger partial charge in [-0.1, -0.05) is 0 Å². The molecular weight excluding hydrogens is 358 g/mol. The second-order valence-corrected chi connectivity index (χ2v) is 6.86. The Bertz CT molecular complexity index is 799. The molecule has 9 heteroatoms. The summed E-state index contributed by atoms with van der Waals surface area (Å²) in [6.07, 6.45) is 6.11. The number of carbonyl (C=O) groups excluding carboxylic acids is 2. The monoisotopic (exact) mass is 381 g/mol. The topological polar surface area (TPSA) is 85.8 Å². The molecule has 2 fully saturated rings. The van der Waals surface area contributed by atoms with E-state index in [0.717, 1.165) is 44.2 Å². The molecule has 0 unspecified atom stereocenters. The lowest BCUT2D eigenvalue weighted by Gasteiger charge is -2.36. The highest BCUT2D eigenvalue weighted by Gasteiger charge is 2.23. The molecule has 4 heterocycles. The van der Waals surface area contributed by atoms with Crippen molar-refractivity contribution in [3.05, 3.63) is 42.5 Å². The molecule has 0 radical (unpaired) electrons. The lowest BCUT2D eigenvalue weighted by Crippen LogP contribution is -2.48. The van der Waals surface area contributed by atoms with Crippen LogP contribution in [0, 0.1) is 0 Å². The van der Waals surface area contributed by atoms with E-state index in [1.54, 1.807) is 34.5 Å². The van der Waals surface area contributed by atoms with Crippen molar-refractivity contribution >= 4 is 24.0 Å². The van der Waals surface area contributed by atoms with Crippen LogP contribution in [0.4, 0.5) is 11.6 Å². The Morgan fingerprint density at radius 1 is 0.857 bits per heavy atom. The molecule has 9 nitrogen and oxygen atoms in total. The first-order valence-corrected chi connectivity index (χ1v) is 9.46. The van der Waals surface area contributed by atoms with Crippen LogP contribution in [-0.2, 0) is 4.79 Å². The highest BCUT2D eigenvalue weighted by Crippen LogP contribution is 2.18. The van der Waals surface area contributed by atoms with Crippen LogP contribution in [0.25, 0.3) is 0 Å². The molecule has 2 aromatic heterocycles. The van der Waals surface area contributed by atoms with Crippen molar-refractivity contribution in [2.45, 2.75) is 0 Å². The summed E-state index contributed by atoms with van der Waals surface area (Å²) >= 11 is 0. The van der Waals surface area contributed by atoms with Crippen LogP contribution < -0.4 is 9.80 Å². The Morgan fingerprint density at radius 2 is 1.54 bits per heavy atom. The van der Waals surface area contributed by atoms with Crippen molar-refractivity contribution in [2.24, 2.45) is 0 Å². The van der Waals surface area contributed by atoms with Crippen molar-refractivity contribution in [3.63, 3.8) is 0 Å². The van der Waals surface area contributed by atoms with E-state index in [-0.39, 0.29) is 5.91 Å². The van der Waals surface area contributed by atoms with Crippen LogP contribution in [0.3, 0.4) is 0 Å². The van der Waals surface area contributed by atoms with Crippen molar-refractivity contribution in [3.8, 4) is 0 Å². The van der Waals surface area contributed by atoms with Crippen LogP contribution in [0.5, 0.6) is 0 Å². The van der Waals surface area contributed by atoms with Gasteiger partial charge in [-0.2, -0.15) is 0 Å². The van der Waals surface area contributed by atoms with Gasteiger partial charge in [-0.25, -0.2) is 15.0 Å². The molecule has 146 valence electrons. The van der Waals surface area contributed by atoms with Crippen LogP contribution in [0.15, 0.2) is 36.8 Å². The fourth-order valence-corrected chi connectivity index (χ4v) is 3.51. The molecule has 0 aromatic carbocycles. The second kappa shape index (κ2) is 8.20. The molecule has 0 bridgehead atoms. The number of carbonyl (C=O) groups is 2. The molecule has 2 amide bonds. The molecule has 0 saturated carbocycles. The molecular formula is C19H23N7O2. The molecule has 0 atom stereocenters. The van der Waals surface area contributed by atoms with Gasteiger partial charge in [0.2, 0.25) is 12.4 Å². The highest BCUT2D eigenvalue weighted by atomic mass is 16.2. The first-order chi connectivity index (χ1) is 13.7. The molecule has 2 saturated heterocycles. The first kappa shape index (κ1) is 18.1. The number of amides is 2. The normalized spacial score (nSPS) is 17.6. The molecule has 2 aromatic rings. The number of pyridine rings is 1.